The minimum Gasteiger partial charge on any atom is -0.497 e. The van der Waals surface area contributed by atoms with Gasteiger partial charge in [-0.2, -0.15) is 0 Å². The first-order valence-corrected chi connectivity index (χ1v) is 16.4. The average molecular weight is 628 g/mol. The fraction of sp³-hybridized carbons (Fsp3) is 0.278. The third kappa shape index (κ3) is 8.95. The van der Waals surface area contributed by atoms with E-state index in [9.17, 15) is 18.0 Å². The lowest BCUT2D eigenvalue weighted by Gasteiger charge is -2.34. The zero-order chi connectivity index (χ0) is 32.4. The van der Waals surface area contributed by atoms with Gasteiger partial charge in [-0.15, -0.1) is 0 Å². The molecule has 0 saturated heterocycles. The molecule has 1 N–H and O–H groups in total. The van der Waals surface area contributed by atoms with Gasteiger partial charge in [-0.3, -0.25) is 13.9 Å². The van der Waals surface area contributed by atoms with Crippen molar-refractivity contribution in [1.82, 2.24) is 10.2 Å². The van der Waals surface area contributed by atoms with Crippen molar-refractivity contribution in [1.29, 1.82) is 0 Å². The normalized spacial score (nSPS) is 11.9. The van der Waals surface area contributed by atoms with E-state index < -0.39 is 28.5 Å². The molecule has 4 rings (SSSR count). The van der Waals surface area contributed by atoms with Crippen molar-refractivity contribution >= 4 is 27.5 Å². The molecule has 4 aromatic carbocycles. The molecule has 0 unspecified atom stereocenters. The van der Waals surface area contributed by atoms with E-state index in [1.807, 2.05) is 75.4 Å². The molecular weight excluding hydrogens is 586 g/mol. The maximum Gasteiger partial charge on any atom is 0.264 e. The molecule has 0 heterocycles. The van der Waals surface area contributed by atoms with Crippen molar-refractivity contribution in [2.24, 2.45) is 5.92 Å². The Morgan fingerprint density at radius 2 is 1.40 bits per heavy atom. The number of hydrogen-bond acceptors (Lipinski definition) is 5. The molecule has 0 aliphatic heterocycles. The molecule has 236 valence electrons. The second kappa shape index (κ2) is 15.4. The Kier molecular flexibility index (Phi) is 11.4. The molecule has 0 fully saturated rings. The highest BCUT2D eigenvalue weighted by atomic mass is 32.2. The third-order valence-corrected chi connectivity index (χ3v) is 9.19. The Morgan fingerprint density at radius 3 is 1.98 bits per heavy atom. The van der Waals surface area contributed by atoms with Crippen molar-refractivity contribution in [3.05, 3.63) is 126 Å². The van der Waals surface area contributed by atoms with E-state index in [1.165, 1.54) is 24.1 Å². The zero-order valence-electron chi connectivity index (χ0n) is 26.2. The standard InChI is InChI=1S/C36H41N3O5S/c1-27(2)24-37-36(41)34(23-29-11-7-5-8-12-29)38(25-30-17-15-28(3)16-18-30)35(40)26-39(31-19-21-32(44-4)22-20-31)45(42,43)33-13-9-6-10-14-33/h5-22,27,34H,23-26H2,1-4H3,(H,37,41)/t34-/m0/s1. The third-order valence-electron chi connectivity index (χ3n) is 7.40. The minimum atomic E-state index is -4.16. The predicted octanol–water partition coefficient (Wildman–Crippen LogP) is 5.61. The van der Waals surface area contributed by atoms with Crippen molar-refractivity contribution < 1.29 is 22.7 Å². The van der Waals surface area contributed by atoms with Gasteiger partial charge in [0.1, 0.15) is 18.3 Å². The minimum absolute atomic E-state index is 0.0502. The van der Waals surface area contributed by atoms with E-state index in [1.54, 1.807) is 42.5 Å². The molecule has 4 aromatic rings. The molecule has 0 bridgehead atoms. The summed E-state index contributed by atoms with van der Waals surface area (Å²) in [6, 6.07) is 30.9. The molecule has 0 aromatic heterocycles. The predicted molar refractivity (Wildman–Crippen MR) is 177 cm³/mol. The molecule has 0 spiro atoms. The number of amides is 2. The number of benzene rings is 4. The molecule has 0 saturated carbocycles. The first-order valence-electron chi connectivity index (χ1n) is 15.0. The highest BCUT2D eigenvalue weighted by Crippen LogP contribution is 2.27. The fourth-order valence-corrected chi connectivity index (χ4v) is 6.30. The van der Waals surface area contributed by atoms with Crippen LogP contribution >= 0.6 is 0 Å². The van der Waals surface area contributed by atoms with Crippen LogP contribution in [0.3, 0.4) is 0 Å². The van der Waals surface area contributed by atoms with Gasteiger partial charge in [-0.05, 0) is 60.4 Å². The van der Waals surface area contributed by atoms with Crippen LogP contribution < -0.4 is 14.4 Å². The molecule has 8 nitrogen and oxygen atoms in total. The van der Waals surface area contributed by atoms with E-state index in [0.29, 0.717) is 18.0 Å². The Bertz CT molecular complexity index is 1640. The van der Waals surface area contributed by atoms with Crippen LogP contribution in [0, 0.1) is 12.8 Å². The highest BCUT2D eigenvalue weighted by Gasteiger charge is 2.34. The lowest BCUT2D eigenvalue weighted by molar-refractivity contribution is -0.140. The number of rotatable bonds is 14. The van der Waals surface area contributed by atoms with Crippen LogP contribution in [0.1, 0.15) is 30.5 Å². The summed E-state index contributed by atoms with van der Waals surface area (Å²) in [5, 5.41) is 3.01. The number of carbonyl (C=O) groups is 2. The molecule has 0 radical (unpaired) electrons. The number of nitrogens with one attached hydrogen (secondary N) is 1. The summed E-state index contributed by atoms with van der Waals surface area (Å²) in [5.41, 5.74) is 3.07. The van der Waals surface area contributed by atoms with Crippen molar-refractivity contribution in [3.63, 3.8) is 0 Å². The number of ether oxygens (including phenoxy) is 1. The van der Waals surface area contributed by atoms with Gasteiger partial charge in [0.2, 0.25) is 11.8 Å². The second-order valence-corrected chi connectivity index (χ2v) is 13.2. The van der Waals surface area contributed by atoms with E-state index in [-0.39, 0.29) is 29.7 Å². The van der Waals surface area contributed by atoms with Crippen molar-refractivity contribution in [3.8, 4) is 5.75 Å². The molecular formula is C36H41N3O5S. The Balaban J connectivity index is 1.78. The Labute approximate surface area is 266 Å². The largest absolute Gasteiger partial charge is 0.497 e. The summed E-state index contributed by atoms with van der Waals surface area (Å²) in [6.07, 6.45) is 0.260. The van der Waals surface area contributed by atoms with Crippen LogP contribution in [0.4, 0.5) is 5.69 Å². The van der Waals surface area contributed by atoms with Crippen LogP contribution in [-0.4, -0.2) is 51.4 Å². The van der Waals surface area contributed by atoms with Crippen LogP contribution in [0.2, 0.25) is 0 Å². The number of aryl methyl sites for hydroxylation is 1. The van der Waals surface area contributed by atoms with Crippen molar-refractivity contribution in [2.45, 2.75) is 44.7 Å². The highest BCUT2D eigenvalue weighted by molar-refractivity contribution is 7.92. The van der Waals surface area contributed by atoms with Gasteiger partial charge in [0.15, 0.2) is 0 Å². The molecule has 2 amide bonds. The quantitative estimate of drug-likeness (QED) is 0.196. The van der Waals surface area contributed by atoms with Crippen LogP contribution in [0.15, 0.2) is 114 Å². The number of carbonyl (C=O) groups excluding carboxylic acids is 2. The molecule has 0 aliphatic rings. The van der Waals surface area contributed by atoms with E-state index in [0.717, 1.165) is 21.0 Å². The Morgan fingerprint density at radius 1 is 0.800 bits per heavy atom. The topological polar surface area (TPSA) is 96.0 Å². The number of sulfonamides is 1. The van der Waals surface area contributed by atoms with E-state index in [4.69, 9.17) is 4.74 Å². The van der Waals surface area contributed by atoms with Crippen LogP contribution in [0.5, 0.6) is 5.75 Å². The van der Waals surface area contributed by atoms with Gasteiger partial charge in [-0.1, -0.05) is 92.2 Å². The SMILES string of the molecule is COc1ccc(N(CC(=O)N(Cc2ccc(C)cc2)[C@@H](Cc2ccccc2)C(=O)NCC(C)C)S(=O)(=O)c2ccccc2)cc1. The lowest BCUT2D eigenvalue weighted by Crippen LogP contribution is -2.53. The molecule has 0 aliphatic carbocycles. The summed E-state index contributed by atoms with van der Waals surface area (Å²) < 4.78 is 34.5. The van der Waals surface area contributed by atoms with Crippen molar-refractivity contribution in [2.75, 3.05) is 24.5 Å². The zero-order valence-corrected chi connectivity index (χ0v) is 27.0. The average Bonchev–Trinajstić information content (AvgIpc) is 3.05. The van der Waals surface area contributed by atoms with Gasteiger partial charge in [-0.25, -0.2) is 8.42 Å². The van der Waals surface area contributed by atoms with Gasteiger partial charge >= 0.3 is 0 Å². The maximum absolute atomic E-state index is 14.5. The summed E-state index contributed by atoms with van der Waals surface area (Å²) in [4.78, 5) is 29.9. The number of anilines is 1. The van der Waals surface area contributed by atoms with E-state index in [2.05, 4.69) is 5.32 Å². The number of nitrogens with zero attached hydrogens (tertiary/aromatic N) is 2. The number of methoxy groups -OCH3 is 1. The molecule has 9 heteroatoms. The lowest BCUT2D eigenvalue weighted by atomic mass is 10.0. The number of hydrogen-bond donors (Lipinski definition) is 1. The summed E-state index contributed by atoms with van der Waals surface area (Å²) in [5.74, 6) is -0.0523. The maximum atomic E-state index is 14.5. The smallest absolute Gasteiger partial charge is 0.264 e. The summed E-state index contributed by atoms with van der Waals surface area (Å²) in [6.45, 7) is 6.03. The van der Waals surface area contributed by atoms with Gasteiger partial charge < -0.3 is 15.0 Å². The van der Waals surface area contributed by atoms with Crippen LogP contribution in [-0.2, 0) is 32.6 Å². The summed E-state index contributed by atoms with van der Waals surface area (Å²) >= 11 is 0. The van der Waals surface area contributed by atoms with Gasteiger partial charge in [0, 0.05) is 19.5 Å². The van der Waals surface area contributed by atoms with Gasteiger partial charge in [0.25, 0.3) is 10.0 Å². The monoisotopic (exact) mass is 627 g/mol. The van der Waals surface area contributed by atoms with Gasteiger partial charge in [0.05, 0.1) is 17.7 Å². The van der Waals surface area contributed by atoms with E-state index >= 15 is 0 Å². The summed E-state index contributed by atoms with van der Waals surface area (Å²) in [7, 11) is -2.64. The van der Waals surface area contributed by atoms with Crippen LogP contribution in [0.25, 0.3) is 0 Å². The first-order chi connectivity index (χ1) is 21.6. The molecule has 1 atom stereocenters. The fourth-order valence-electron chi connectivity index (χ4n) is 4.86. The Hall–Kier alpha value is -4.63. The second-order valence-electron chi connectivity index (χ2n) is 11.4. The molecule has 45 heavy (non-hydrogen) atoms. The first kappa shape index (κ1) is 33.3.